The smallest absolute Gasteiger partial charge is 0.306 e. The molecule has 0 spiro atoms. The van der Waals surface area contributed by atoms with Gasteiger partial charge in [0.15, 0.2) is 6.10 Å². The van der Waals surface area contributed by atoms with Crippen LogP contribution in [0.15, 0.2) is 36.5 Å². The Balaban J connectivity index is 4.26. The molecule has 0 aromatic heterocycles. The normalized spacial score (nSPS) is 12.2. The van der Waals surface area contributed by atoms with E-state index in [4.69, 9.17) is 14.2 Å². The molecule has 77 heavy (non-hydrogen) atoms. The van der Waals surface area contributed by atoms with E-state index < -0.39 is 6.10 Å². The van der Waals surface area contributed by atoms with E-state index in [2.05, 4.69) is 57.2 Å². The van der Waals surface area contributed by atoms with Gasteiger partial charge in [0.2, 0.25) is 0 Å². The lowest BCUT2D eigenvalue weighted by Crippen LogP contribution is -2.30. The van der Waals surface area contributed by atoms with Gasteiger partial charge in [0.25, 0.3) is 0 Å². The summed E-state index contributed by atoms with van der Waals surface area (Å²) in [5.41, 5.74) is 0. The standard InChI is InChI=1S/C71H132O6/c1-4-7-10-13-16-19-22-25-28-30-32-34-35-36-37-39-40-43-46-49-52-55-58-61-64-70(73)76-67-68(66-75-69(72)63-60-57-54-51-48-45-42-27-24-21-18-15-12-9-6-3)77-71(74)65-62-59-56-53-50-47-44-41-38-33-31-29-26-23-20-17-14-11-8-5-2/h9,12,18,21,27,42,68H,4-8,10-11,13-17,19-20,22-26,28-41,43-67H2,1-3H3/b12-9-,21-18-,42-27-. The van der Waals surface area contributed by atoms with Crippen molar-refractivity contribution in [1.82, 2.24) is 0 Å². The molecule has 0 heterocycles. The van der Waals surface area contributed by atoms with Gasteiger partial charge in [-0.1, -0.05) is 346 Å². The Bertz CT molecular complexity index is 1290. The van der Waals surface area contributed by atoms with Crippen LogP contribution in [0.3, 0.4) is 0 Å². The highest BCUT2D eigenvalue weighted by Gasteiger charge is 2.19. The van der Waals surface area contributed by atoms with Gasteiger partial charge in [-0.2, -0.15) is 0 Å². The highest BCUT2D eigenvalue weighted by atomic mass is 16.6. The van der Waals surface area contributed by atoms with Crippen LogP contribution in [-0.2, 0) is 28.6 Å². The topological polar surface area (TPSA) is 78.9 Å². The monoisotopic (exact) mass is 1080 g/mol. The number of unbranched alkanes of at least 4 members (excludes halogenated alkanes) is 47. The second kappa shape index (κ2) is 66.1. The van der Waals surface area contributed by atoms with E-state index in [1.807, 2.05) is 0 Å². The predicted octanol–water partition coefficient (Wildman–Crippen LogP) is 23.6. The van der Waals surface area contributed by atoms with E-state index in [9.17, 15) is 14.4 Å². The van der Waals surface area contributed by atoms with Gasteiger partial charge in [-0.15, -0.1) is 0 Å². The van der Waals surface area contributed by atoms with Crippen molar-refractivity contribution in [2.24, 2.45) is 0 Å². The van der Waals surface area contributed by atoms with Gasteiger partial charge in [-0.05, 0) is 51.4 Å². The zero-order chi connectivity index (χ0) is 55.7. The maximum absolute atomic E-state index is 12.9. The summed E-state index contributed by atoms with van der Waals surface area (Å²) in [4.78, 5) is 38.4. The van der Waals surface area contributed by atoms with Crippen LogP contribution in [0, 0.1) is 0 Å². The van der Waals surface area contributed by atoms with Gasteiger partial charge in [-0.3, -0.25) is 14.4 Å². The first-order valence-electron chi connectivity index (χ1n) is 34.5. The predicted molar refractivity (Wildman–Crippen MR) is 335 cm³/mol. The molecular weight excluding hydrogens is 949 g/mol. The first-order chi connectivity index (χ1) is 38.0. The molecule has 1 unspecified atom stereocenters. The fraction of sp³-hybridized carbons (Fsp3) is 0.873. The first-order valence-corrected chi connectivity index (χ1v) is 34.5. The molecule has 0 rings (SSSR count). The van der Waals surface area contributed by atoms with E-state index in [1.165, 1.54) is 244 Å². The molecule has 0 radical (unpaired) electrons. The quantitative estimate of drug-likeness (QED) is 0.0261. The lowest BCUT2D eigenvalue weighted by atomic mass is 10.0. The molecule has 1 atom stereocenters. The zero-order valence-corrected chi connectivity index (χ0v) is 52.0. The molecule has 0 N–H and O–H groups in total. The van der Waals surface area contributed by atoms with Crippen molar-refractivity contribution in [1.29, 1.82) is 0 Å². The molecule has 452 valence electrons. The van der Waals surface area contributed by atoms with Crippen LogP contribution < -0.4 is 0 Å². The highest BCUT2D eigenvalue weighted by molar-refractivity contribution is 5.71. The average molecular weight is 1080 g/mol. The molecule has 0 saturated carbocycles. The van der Waals surface area contributed by atoms with Crippen molar-refractivity contribution in [2.75, 3.05) is 13.2 Å². The molecule has 6 heteroatoms. The third-order valence-electron chi connectivity index (χ3n) is 15.7. The average Bonchev–Trinajstić information content (AvgIpc) is 3.43. The van der Waals surface area contributed by atoms with Crippen LogP contribution in [0.5, 0.6) is 0 Å². The molecule has 0 aromatic rings. The van der Waals surface area contributed by atoms with E-state index in [1.54, 1.807) is 0 Å². The van der Waals surface area contributed by atoms with Crippen molar-refractivity contribution >= 4 is 17.9 Å². The summed E-state index contributed by atoms with van der Waals surface area (Å²) < 4.78 is 17.0. The number of ether oxygens (including phenoxy) is 3. The third kappa shape index (κ3) is 64.3. The largest absolute Gasteiger partial charge is 0.462 e. The minimum absolute atomic E-state index is 0.0719. The highest BCUT2D eigenvalue weighted by Crippen LogP contribution is 2.19. The number of carbonyl (C=O) groups is 3. The Hall–Kier alpha value is -2.37. The molecule has 0 saturated heterocycles. The Kier molecular flexibility index (Phi) is 64.1. The Morgan fingerprint density at radius 3 is 0.792 bits per heavy atom. The Morgan fingerprint density at radius 2 is 0.506 bits per heavy atom. The number of hydrogen-bond donors (Lipinski definition) is 0. The van der Waals surface area contributed by atoms with Gasteiger partial charge in [0.05, 0.1) is 0 Å². The summed E-state index contributed by atoms with van der Waals surface area (Å²) in [6.07, 6.45) is 81.7. The molecule has 0 fully saturated rings. The van der Waals surface area contributed by atoms with Crippen molar-refractivity contribution in [3.05, 3.63) is 36.5 Å². The molecule has 0 aromatic carbocycles. The minimum atomic E-state index is -0.777. The molecule has 0 bridgehead atoms. The summed E-state index contributed by atoms with van der Waals surface area (Å²) in [7, 11) is 0. The maximum Gasteiger partial charge on any atom is 0.306 e. The Morgan fingerprint density at radius 1 is 0.273 bits per heavy atom. The minimum Gasteiger partial charge on any atom is -0.462 e. The fourth-order valence-corrected chi connectivity index (χ4v) is 10.5. The number of hydrogen-bond acceptors (Lipinski definition) is 6. The first kappa shape index (κ1) is 74.6. The van der Waals surface area contributed by atoms with Crippen molar-refractivity contribution in [3.63, 3.8) is 0 Å². The number of rotatable bonds is 64. The third-order valence-corrected chi connectivity index (χ3v) is 15.7. The summed E-state index contributed by atoms with van der Waals surface area (Å²) >= 11 is 0. The molecule has 0 aliphatic rings. The molecule has 0 aliphatic heterocycles. The number of allylic oxidation sites excluding steroid dienone is 6. The second-order valence-electron chi connectivity index (χ2n) is 23.4. The van der Waals surface area contributed by atoms with Gasteiger partial charge in [0.1, 0.15) is 13.2 Å². The van der Waals surface area contributed by atoms with Gasteiger partial charge in [-0.25, -0.2) is 0 Å². The fourth-order valence-electron chi connectivity index (χ4n) is 10.5. The summed E-state index contributed by atoms with van der Waals surface area (Å²) in [6.45, 7) is 6.60. The van der Waals surface area contributed by atoms with Crippen molar-refractivity contribution < 1.29 is 28.6 Å². The van der Waals surface area contributed by atoms with Crippen LogP contribution in [0.4, 0.5) is 0 Å². The van der Waals surface area contributed by atoms with Crippen molar-refractivity contribution in [3.8, 4) is 0 Å². The van der Waals surface area contributed by atoms with Gasteiger partial charge < -0.3 is 14.2 Å². The van der Waals surface area contributed by atoms with Crippen LogP contribution in [0.2, 0.25) is 0 Å². The van der Waals surface area contributed by atoms with Crippen LogP contribution >= 0.6 is 0 Å². The summed E-state index contributed by atoms with van der Waals surface area (Å²) in [5, 5.41) is 0. The van der Waals surface area contributed by atoms with Crippen LogP contribution in [0.1, 0.15) is 380 Å². The van der Waals surface area contributed by atoms with E-state index in [0.717, 1.165) is 96.3 Å². The zero-order valence-electron chi connectivity index (χ0n) is 52.0. The van der Waals surface area contributed by atoms with E-state index in [-0.39, 0.29) is 31.1 Å². The van der Waals surface area contributed by atoms with Gasteiger partial charge in [0, 0.05) is 19.3 Å². The van der Waals surface area contributed by atoms with Crippen molar-refractivity contribution in [2.45, 2.75) is 386 Å². The lowest BCUT2D eigenvalue weighted by Gasteiger charge is -2.18. The maximum atomic E-state index is 12.9. The van der Waals surface area contributed by atoms with Gasteiger partial charge >= 0.3 is 17.9 Å². The lowest BCUT2D eigenvalue weighted by molar-refractivity contribution is -0.167. The molecule has 6 nitrogen and oxygen atoms in total. The summed E-state index contributed by atoms with van der Waals surface area (Å²) in [5.74, 6) is -0.860. The van der Waals surface area contributed by atoms with Crippen LogP contribution in [-0.4, -0.2) is 37.2 Å². The Labute approximate surface area is 480 Å². The molecule has 0 amide bonds. The van der Waals surface area contributed by atoms with Crippen LogP contribution in [0.25, 0.3) is 0 Å². The number of esters is 3. The SMILES string of the molecule is CC/C=C\C/C=C\C/C=C\CCCCCCCC(=O)OCC(COC(=O)CCCCCCCCCCCCCCCCCCCCCCCCCC)OC(=O)CCCCCCCCCCCCCCCCCCCCCC. The summed E-state index contributed by atoms with van der Waals surface area (Å²) in [6, 6.07) is 0. The number of carbonyl (C=O) groups excluding carboxylic acids is 3. The van der Waals surface area contributed by atoms with E-state index in [0.29, 0.717) is 19.3 Å². The molecular formula is C71H132O6. The molecule has 0 aliphatic carbocycles. The second-order valence-corrected chi connectivity index (χ2v) is 23.4. The van der Waals surface area contributed by atoms with E-state index >= 15 is 0 Å².